The van der Waals surface area contributed by atoms with Crippen LogP contribution in [0, 0.1) is 0 Å². The number of carboxylic acid groups (broad SMARTS) is 1. The number of aliphatic hydroxyl groups excluding tert-OH is 1. The van der Waals surface area contributed by atoms with Crippen LogP contribution in [0.4, 0.5) is 0 Å². The summed E-state index contributed by atoms with van der Waals surface area (Å²) in [5, 5.41) is 17.3. The summed E-state index contributed by atoms with van der Waals surface area (Å²) in [7, 11) is 0. The number of rotatable bonds is 22. The Morgan fingerprint density at radius 2 is 0.852 bits per heavy atom. The van der Waals surface area contributed by atoms with Crippen LogP contribution >= 0.6 is 0 Å². The van der Waals surface area contributed by atoms with Gasteiger partial charge in [0.2, 0.25) is 0 Å². The molecule has 0 amide bonds. The van der Waals surface area contributed by atoms with E-state index in [9.17, 15) is 4.79 Å². The van der Waals surface area contributed by atoms with E-state index in [0.29, 0.717) is 13.0 Å². The molecule has 0 spiro atoms. The molecule has 0 radical (unpaired) electrons. The molecule has 0 atom stereocenters. The highest BCUT2D eigenvalue weighted by Crippen LogP contribution is 2.12. The first-order chi connectivity index (χ1) is 13.3. The molecule has 0 saturated heterocycles. The molecule has 160 valence electrons. The van der Waals surface area contributed by atoms with Crippen LogP contribution < -0.4 is 0 Å². The molecule has 0 rings (SSSR count). The van der Waals surface area contributed by atoms with E-state index in [-0.39, 0.29) is 0 Å². The Hall–Kier alpha value is -0.830. The van der Waals surface area contributed by atoms with Crippen molar-refractivity contribution in [1.82, 2.24) is 0 Å². The number of carbonyl (C=O) groups is 1. The second-order valence-corrected chi connectivity index (χ2v) is 7.93. The average molecular weight is 383 g/mol. The summed E-state index contributed by atoms with van der Waals surface area (Å²) in [5.41, 5.74) is 0. The summed E-state index contributed by atoms with van der Waals surface area (Å²) in [6, 6.07) is 0. The lowest BCUT2D eigenvalue weighted by molar-refractivity contribution is -0.137. The van der Waals surface area contributed by atoms with Crippen LogP contribution in [-0.4, -0.2) is 22.8 Å². The summed E-state index contributed by atoms with van der Waals surface area (Å²) in [6.07, 6.45) is 28.8. The van der Waals surface area contributed by atoms with Gasteiger partial charge in [0.1, 0.15) is 0 Å². The predicted molar refractivity (Wildman–Crippen MR) is 116 cm³/mol. The van der Waals surface area contributed by atoms with Gasteiger partial charge in [0.05, 0.1) is 0 Å². The Bertz CT molecular complexity index is 326. The lowest BCUT2D eigenvalue weighted by atomic mass is 10.0. The third-order valence-electron chi connectivity index (χ3n) is 5.21. The lowest BCUT2D eigenvalue weighted by Gasteiger charge is -2.02. The fourth-order valence-electron chi connectivity index (χ4n) is 3.45. The minimum absolute atomic E-state index is 0.328. The molecule has 0 aromatic rings. The molecule has 2 N–H and O–H groups in total. The fraction of sp³-hybridized carbons (Fsp3) is 0.875. The maximum absolute atomic E-state index is 10.4. The highest BCUT2D eigenvalue weighted by atomic mass is 16.4. The molecule has 0 aromatic heterocycles. The Morgan fingerprint density at radius 1 is 0.519 bits per heavy atom. The number of hydrogen-bond acceptors (Lipinski definition) is 2. The number of carboxylic acids is 1. The second-order valence-electron chi connectivity index (χ2n) is 7.93. The predicted octanol–water partition coefficient (Wildman–Crippen LogP) is 7.42. The maximum Gasteiger partial charge on any atom is 0.303 e. The van der Waals surface area contributed by atoms with E-state index in [1.807, 2.05) is 0 Å². The minimum atomic E-state index is -0.665. The van der Waals surface area contributed by atoms with Gasteiger partial charge in [0.15, 0.2) is 0 Å². The number of allylic oxidation sites excluding steroid dienone is 2. The van der Waals surface area contributed by atoms with E-state index in [1.165, 1.54) is 103 Å². The highest BCUT2D eigenvalue weighted by Gasteiger charge is 1.96. The first kappa shape index (κ1) is 26.2. The maximum atomic E-state index is 10.4. The van der Waals surface area contributed by atoms with Crippen molar-refractivity contribution in [3.8, 4) is 0 Å². The Balaban J connectivity index is 3.07. The lowest BCUT2D eigenvalue weighted by Crippen LogP contribution is -1.93. The molecule has 3 heteroatoms. The van der Waals surface area contributed by atoms with E-state index >= 15 is 0 Å². The van der Waals surface area contributed by atoms with Crippen molar-refractivity contribution in [2.45, 2.75) is 128 Å². The van der Waals surface area contributed by atoms with Crippen LogP contribution in [-0.2, 0) is 4.79 Å². The van der Waals surface area contributed by atoms with Gasteiger partial charge < -0.3 is 10.2 Å². The van der Waals surface area contributed by atoms with Gasteiger partial charge in [-0.05, 0) is 38.5 Å². The molecular weight excluding hydrogens is 336 g/mol. The zero-order chi connectivity index (χ0) is 19.8. The molecule has 0 aliphatic heterocycles. The first-order valence-electron chi connectivity index (χ1n) is 11.7. The molecule has 0 aliphatic carbocycles. The molecule has 0 aromatic carbocycles. The largest absolute Gasteiger partial charge is 0.481 e. The molecule has 0 bridgehead atoms. The van der Waals surface area contributed by atoms with Gasteiger partial charge in [0, 0.05) is 13.0 Å². The Kier molecular flexibility index (Phi) is 22.5. The number of unbranched alkanes of at least 4 members (excludes halogenated alkanes) is 17. The first-order valence-corrected chi connectivity index (χ1v) is 11.7. The van der Waals surface area contributed by atoms with Gasteiger partial charge in [-0.2, -0.15) is 0 Å². The zero-order valence-corrected chi connectivity index (χ0v) is 17.8. The monoisotopic (exact) mass is 382 g/mol. The van der Waals surface area contributed by atoms with Crippen molar-refractivity contribution >= 4 is 5.97 Å². The van der Waals surface area contributed by atoms with Crippen LogP contribution in [0.5, 0.6) is 0 Å². The van der Waals surface area contributed by atoms with E-state index < -0.39 is 5.97 Å². The highest BCUT2D eigenvalue weighted by molar-refractivity contribution is 5.66. The zero-order valence-electron chi connectivity index (χ0n) is 17.8. The summed E-state index contributed by atoms with van der Waals surface area (Å²) < 4.78 is 0. The average Bonchev–Trinajstić information content (AvgIpc) is 2.65. The summed E-state index contributed by atoms with van der Waals surface area (Å²) in [6.45, 7) is 0.354. The van der Waals surface area contributed by atoms with Gasteiger partial charge >= 0.3 is 5.97 Å². The molecule has 0 heterocycles. The minimum Gasteiger partial charge on any atom is -0.481 e. The molecular formula is C24H46O3. The van der Waals surface area contributed by atoms with Crippen LogP contribution in [0.3, 0.4) is 0 Å². The van der Waals surface area contributed by atoms with Gasteiger partial charge in [-0.15, -0.1) is 0 Å². The molecule has 0 unspecified atom stereocenters. The SMILES string of the molecule is O=C(O)CCCCCCCCC=CCCCCCCCCCCCCCO. The molecule has 0 saturated carbocycles. The topological polar surface area (TPSA) is 57.5 Å². The van der Waals surface area contributed by atoms with Gasteiger partial charge in [-0.1, -0.05) is 95.6 Å². The third-order valence-corrected chi connectivity index (χ3v) is 5.21. The van der Waals surface area contributed by atoms with E-state index in [4.69, 9.17) is 10.2 Å². The molecule has 3 nitrogen and oxygen atoms in total. The summed E-state index contributed by atoms with van der Waals surface area (Å²) in [4.78, 5) is 10.4. The number of hydrogen-bond donors (Lipinski definition) is 2. The molecule has 27 heavy (non-hydrogen) atoms. The van der Waals surface area contributed by atoms with Gasteiger partial charge in [0.25, 0.3) is 0 Å². The van der Waals surface area contributed by atoms with Crippen LogP contribution in [0.2, 0.25) is 0 Å². The summed E-state index contributed by atoms with van der Waals surface area (Å²) >= 11 is 0. The van der Waals surface area contributed by atoms with Crippen molar-refractivity contribution in [1.29, 1.82) is 0 Å². The molecule has 0 fully saturated rings. The summed E-state index contributed by atoms with van der Waals surface area (Å²) in [5.74, 6) is -0.665. The van der Waals surface area contributed by atoms with Crippen molar-refractivity contribution in [3.63, 3.8) is 0 Å². The van der Waals surface area contributed by atoms with Gasteiger partial charge in [-0.3, -0.25) is 4.79 Å². The Morgan fingerprint density at radius 3 is 1.22 bits per heavy atom. The van der Waals surface area contributed by atoms with Crippen LogP contribution in [0.1, 0.15) is 128 Å². The van der Waals surface area contributed by atoms with Crippen LogP contribution in [0.25, 0.3) is 0 Å². The Labute approximate surface area is 168 Å². The van der Waals surface area contributed by atoms with Crippen molar-refractivity contribution in [2.75, 3.05) is 6.61 Å². The fourth-order valence-corrected chi connectivity index (χ4v) is 3.45. The number of aliphatic carboxylic acids is 1. The van der Waals surface area contributed by atoms with Crippen molar-refractivity contribution in [2.24, 2.45) is 0 Å². The van der Waals surface area contributed by atoms with E-state index in [1.54, 1.807) is 0 Å². The second kappa shape index (κ2) is 23.2. The van der Waals surface area contributed by atoms with Crippen molar-refractivity contribution in [3.05, 3.63) is 12.2 Å². The smallest absolute Gasteiger partial charge is 0.303 e. The number of aliphatic hydroxyl groups is 1. The van der Waals surface area contributed by atoms with E-state index in [0.717, 1.165) is 19.3 Å². The quantitative estimate of drug-likeness (QED) is 0.151. The normalized spacial score (nSPS) is 11.4. The van der Waals surface area contributed by atoms with Crippen molar-refractivity contribution < 1.29 is 15.0 Å². The third kappa shape index (κ3) is 25.2. The van der Waals surface area contributed by atoms with Gasteiger partial charge in [-0.25, -0.2) is 0 Å². The molecule has 0 aliphatic rings. The van der Waals surface area contributed by atoms with E-state index in [2.05, 4.69) is 12.2 Å². The van der Waals surface area contributed by atoms with Crippen LogP contribution in [0.15, 0.2) is 12.2 Å². The standard InChI is InChI=1S/C24H46O3/c25-23-21-19-17-15-13-11-9-7-5-3-1-2-4-6-8-10-12-14-16-18-20-22-24(26)27/h4,6,25H,1-3,5,7-23H2,(H,26,27).